The van der Waals surface area contributed by atoms with Crippen molar-refractivity contribution in [2.75, 3.05) is 12.8 Å². The van der Waals surface area contributed by atoms with Gasteiger partial charge in [-0.3, -0.25) is 4.31 Å². The van der Waals surface area contributed by atoms with E-state index in [-0.39, 0.29) is 23.2 Å². The van der Waals surface area contributed by atoms with Crippen LogP contribution in [0.25, 0.3) is 22.9 Å². The number of halogens is 2. The highest BCUT2D eigenvalue weighted by atomic mass is 35.5. The van der Waals surface area contributed by atoms with Gasteiger partial charge in [0.1, 0.15) is 11.4 Å². The fourth-order valence-electron chi connectivity index (χ4n) is 3.32. The number of aliphatic imine (C=N–C) groups is 1. The van der Waals surface area contributed by atoms with Crippen molar-refractivity contribution in [2.24, 2.45) is 10.7 Å². The topological polar surface area (TPSA) is 97.6 Å². The smallest absolute Gasteiger partial charge is 0.248 e. The van der Waals surface area contributed by atoms with Gasteiger partial charge in [0.2, 0.25) is 17.7 Å². The predicted octanol–water partition coefficient (Wildman–Crippen LogP) is 3.30. The first-order chi connectivity index (χ1) is 14.1. The van der Waals surface area contributed by atoms with Crippen molar-refractivity contribution in [3.05, 3.63) is 58.9 Å². The number of nitrogens with two attached hydrogens (primary N) is 1. The van der Waals surface area contributed by atoms with Gasteiger partial charge in [-0.25, -0.2) is 13.6 Å². The van der Waals surface area contributed by atoms with E-state index < -0.39 is 21.1 Å². The Kier molecular flexibility index (Phi) is 4.82. The van der Waals surface area contributed by atoms with Crippen LogP contribution < -0.4 is 5.73 Å². The van der Waals surface area contributed by atoms with Crippen LogP contribution in [0.2, 0.25) is 5.02 Å². The molecule has 2 aromatic carbocycles. The van der Waals surface area contributed by atoms with E-state index >= 15 is 0 Å². The molecule has 2 atom stereocenters. The minimum atomic E-state index is -2.75. The highest BCUT2D eigenvalue weighted by Crippen LogP contribution is 2.36. The SMILES string of the molecule is C=S1(=O)C[C@@](C)(c2cc(-c3nnc(-c4ccc(Cl)cc4)o3)ccc2F)N=C(N)N1C. The van der Waals surface area contributed by atoms with Crippen LogP contribution >= 0.6 is 11.6 Å². The maximum atomic E-state index is 14.8. The van der Waals surface area contributed by atoms with Crippen LogP contribution in [-0.4, -0.2) is 43.3 Å². The molecule has 0 fully saturated rings. The first-order valence-electron chi connectivity index (χ1n) is 8.93. The summed E-state index contributed by atoms with van der Waals surface area (Å²) in [5.74, 6) is 3.82. The Morgan fingerprint density at radius 1 is 1.20 bits per heavy atom. The van der Waals surface area contributed by atoms with Crippen molar-refractivity contribution >= 4 is 33.1 Å². The second-order valence-electron chi connectivity index (χ2n) is 7.27. The molecule has 3 aromatic rings. The minimum absolute atomic E-state index is 0.0113. The van der Waals surface area contributed by atoms with Gasteiger partial charge in [0.15, 0.2) is 0 Å². The first-order valence-corrected chi connectivity index (χ1v) is 11.2. The van der Waals surface area contributed by atoms with Crippen LogP contribution in [0, 0.1) is 5.82 Å². The second-order valence-corrected chi connectivity index (χ2v) is 10.1. The van der Waals surface area contributed by atoms with Gasteiger partial charge in [0, 0.05) is 28.8 Å². The number of hydrogen-bond donors (Lipinski definition) is 1. The second kappa shape index (κ2) is 7.10. The molecule has 1 aliphatic heterocycles. The Bertz CT molecular complexity index is 1260. The molecular formula is C20H19ClFN5O2S. The highest BCUT2D eigenvalue weighted by molar-refractivity contribution is 7.98. The Morgan fingerprint density at radius 3 is 2.43 bits per heavy atom. The fourth-order valence-corrected chi connectivity index (χ4v) is 5.12. The number of rotatable bonds is 3. The summed E-state index contributed by atoms with van der Waals surface area (Å²) in [6.07, 6.45) is 0. The van der Waals surface area contributed by atoms with Gasteiger partial charge in [-0.05, 0) is 55.3 Å². The summed E-state index contributed by atoms with van der Waals surface area (Å²) >= 11 is 5.91. The molecule has 0 spiro atoms. The number of benzene rings is 2. The zero-order chi connectivity index (χ0) is 21.7. The molecule has 30 heavy (non-hydrogen) atoms. The summed E-state index contributed by atoms with van der Waals surface area (Å²) in [5, 5.41) is 8.72. The lowest BCUT2D eigenvalue weighted by atomic mass is 9.92. The number of aromatic nitrogens is 2. The van der Waals surface area contributed by atoms with E-state index in [1.807, 2.05) is 0 Å². The molecular weight excluding hydrogens is 429 g/mol. The number of hydrogen-bond acceptors (Lipinski definition) is 6. The lowest BCUT2D eigenvalue weighted by Crippen LogP contribution is -2.50. The van der Waals surface area contributed by atoms with E-state index in [9.17, 15) is 8.60 Å². The average molecular weight is 448 g/mol. The summed E-state index contributed by atoms with van der Waals surface area (Å²) in [5.41, 5.74) is 6.20. The van der Waals surface area contributed by atoms with E-state index in [0.29, 0.717) is 22.0 Å². The van der Waals surface area contributed by atoms with E-state index in [0.717, 1.165) is 0 Å². The molecule has 0 aliphatic carbocycles. The largest absolute Gasteiger partial charge is 0.416 e. The lowest BCUT2D eigenvalue weighted by Gasteiger charge is -2.37. The molecule has 10 heteroatoms. The van der Waals surface area contributed by atoms with Crippen LogP contribution in [0.1, 0.15) is 12.5 Å². The van der Waals surface area contributed by atoms with Gasteiger partial charge in [0.05, 0.1) is 15.5 Å². The Morgan fingerprint density at radius 2 is 1.80 bits per heavy atom. The van der Waals surface area contributed by atoms with Crippen molar-refractivity contribution < 1.29 is 13.0 Å². The lowest BCUT2D eigenvalue weighted by molar-refractivity contribution is 0.481. The van der Waals surface area contributed by atoms with Crippen molar-refractivity contribution in [3.8, 4) is 22.9 Å². The van der Waals surface area contributed by atoms with Crippen molar-refractivity contribution in [1.82, 2.24) is 14.5 Å². The molecule has 0 saturated heterocycles. The maximum absolute atomic E-state index is 14.8. The molecule has 1 unspecified atom stereocenters. The molecule has 7 nitrogen and oxygen atoms in total. The van der Waals surface area contributed by atoms with E-state index in [1.165, 1.54) is 16.4 Å². The first kappa shape index (κ1) is 20.4. The van der Waals surface area contributed by atoms with Crippen LogP contribution in [0.4, 0.5) is 4.39 Å². The third-order valence-corrected chi connectivity index (χ3v) is 7.45. The van der Waals surface area contributed by atoms with Gasteiger partial charge in [-0.2, -0.15) is 0 Å². The van der Waals surface area contributed by atoms with E-state index in [2.05, 4.69) is 21.1 Å². The van der Waals surface area contributed by atoms with Gasteiger partial charge < -0.3 is 10.2 Å². The van der Waals surface area contributed by atoms with Gasteiger partial charge in [-0.15, -0.1) is 10.2 Å². The molecule has 0 saturated carbocycles. The standard InChI is InChI=1S/C20H19ClFN5O2S/c1-20(11-30(3,28)27(2)19(23)24-20)15-10-13(6-9-16(15)22)18-26-25-17(29-18)12-4-7-14(21)8-5-12/h4-10H,3,11H2,1-2H3,(H2,23,24)/t20-,30?/m0/s1. The summed E-state index contributed by atoms with van der Waals surface area (Å²) in [6.45, 7) is 1.67. The molecule has 0 bridgehead atoms. The Hall–Kier alpha value is -2.91. The molecule has 0 amide bonds. The zero-order valence-electron chi connectivity index (χ0n) is 16.3. The summed E-state index contributed by atoms with van der Waals surface area (Å²) in [4.78, 5) is 4.40. The highest BCUT2D eigenvalue weighted by Gasteiger charge is 2.39. The molecule has 2 heterocycles. The van der Waals surface area contributed by atoms with Crippen LogP contribution in [-0.2, 0) is 15.2 Å². The Labute approximate surface area is 178 Å². The monoisotopic (exact) mass is 447 g/mol. The van der Waals surface area contributed by atoms with Crippen molar-refractivity contribution in [2.45, 2.75) is 12.5 Å². The normalized spacial score (nSPS) is 24.0. The van der Waals surface area contributed by atoms with Gasteiger partial charge >= 0.3 is 0 Å². The van der Waals surface area contributed by atoms with Crippen LogP contribution in [0.15, 0.2) is 51.9 Å². The number of guanidine groups is 1. The predicted molar refractivity (Wildman–Crippen MR) is 117 cm³/mol. The quantitative estimate of drug-likeness (QED) is 0.621. The van der Waals surface area contributed by atoms with Gasteiger partial charge in [0.25, 0.3) is 0 Å². The third-order valence-electron chi connectivity index (χ3n) is 5.00. The van der Waals surface area contributed by atoms with Gasteiger partial charge in [-0.1, -0.05) is 11.6 Å². The minimum Gasteiger partial charge on any atom is -0.416 e. The number of nitrogens with zero attached hydrogens (tertiary/aromatic N) is 4. The summed E-state index contributed by atoms with van der Waals surface area (Å²) in [7, 11) is -1.19. The molecule has 1 aliphatic rings. The maximum Gasteiger partial charge on any atom is 0.248 e. The van der Waals surface area contributed by atoms with Crippen molar-refractivity contribution in [3.63, 3.8) is 0 Å². The average Bonchev–Trinajstić information content (AvgIpc) is 3.17. The van der Waals surface area contributed by atoms with E-state index in [4.69, 9.17) is 21.8 Å². The Balaban J connectivity index is 1.76. The third kappa shape index (κ3) is 3.54. The van der Waals surface area contributed by atoms with Crippen LogP contribution in [0.5, 0.6) is 0 Å². The van der Waals surface area contributed by atoms with Crippen molar-refractivity contribution in [1.29, 1.82) is 0 Å². The van der Waals surface area contributed by atoms with Crippen LogP contribution in [0.3, 0.4) is 0 Å². The van der Waals surface area contributed by atoms with E-state index in [1.54, 1.807) is 44.3 Å². The molecule has 1 aromatic heterocycles. The zero-order valence-corrected chi connectivity index (χ0v) is 17.9. The molecule has 156 valence electrons. The summed E-state index contributed by atoms with van der Waals surface area (Å²) < 4.78 is 34.7. The fraction of sp³-hybridized carbons (Fsp3) is 0.200. The summed E-state index contributed by atoms with van der Waals surface area (Å²) in [6, 6.07) is 11.3. The molecule has 0 radical (unpaired) electrons. The molecule has 2 N–H and O–H groups in total. The molecule has 4 rings (SSSR count).